The lowest BCUT2D eigenvalue weighted by Gasteiger charge is -2.08. The zero-order valence-electron chi connectivity index (χ0n) is 9.77. The molecule has 2 N–H and O–H groups in total. The lowest BCUT2D eigenvalue weighted by molar-refractivity contribution is 0.295. The van der Waals surface area contributed by atoms with Crippen molar-refractivity contribution in [2.75, 3.05) is 5.73 Å². The maximum atomic E-state index is 6.01. The van der Waals surface area contributed by atoms with Crippen molar-refractivity contribution in [3.05, 3.63) is 40.7 Å². The molecule has 0 amide bonds. The summed E-state index contributed by atoms with van der Waals surface area (Å²) in [6, 6.07) is 7.17. The number of aromatic nitrogens is 2. The third-order valence-electron chi connectivity index (χ3n) is 2.43. The summed E-state index contributed by atoms with van der Waals surface area (Å²) in [5.41, 5.74) is 8.19. The minimum Gasteiger partial charge on any atom is -0.486 e. The van der Waals surface area contributed by atoms with Gasteiger partial charge < -0.3 is 10.5 Å². The van der Waals surface area contributed by atoms with Gasteiger partial charge in [0.1, 0.15) is 12.4 Å². The van der Waals surface area contributed by atoms with Crippen molar-refractivity contribution < 1.29 is 4.74 Å². The van der Waals surface area contributed by atoms with Crippen LogP contribution in [0.3, 0.4) is 0 Å². The Kier molecular flexibility index (Phi) is 3.24. The van der Waals surface area contributed by atoms with Crippen molar-refractivity contribution >= 4 is 17.3 Å². The molecule has 0 aliphatic heterocycles. The smallest absolute Gasteiger partial charge is 0.138 e. The molecule has 0 atom stereocenters. The van der Waals surface area contributed by atoms with Gasteiger partial charge in [0.15, 0.2) is 0 Å². The van der Waals surface area contributed by atoms with E-state index >= 15 is 0 Å². The van der Waals surface area contributed by atoms with Crippen LogP contribution in [0.1, 0.15) is 11.4 Å². The zero-order chi connectivity index (χ0) is 12.4. The molecule has 5 heteroatoms. The second-order valence-corrected chi connectivity index (χ2v) is 4.29. The van der Waals surface area contributed by atoms with Crippen LogP contribution in [0.25, 0.3) is 0 Å². The fraction of sp³-hybridized carbons (Fsp3) is 0.250. The number of aryl methyl sites for hydroxylation is 2. The molecular weight excluding hydrogens is 238 g/mol. The quantitative estimate of drug-likeness (QED) is 0.853. The van der Waals surface area contributed by atoms with Crippen LogP contribution in [-0.2, 0) is 13.7 Å². The average Bonchev–Trinajstić information content (AvgIpc) is 2.56. The molecule has 0 unspecified atom stereocenters. The Morgan fingerprint density at radius 3 is 2.76 bits per heavy atom. The summed E-state index contributed by atoms with van der Waals surface area (Å²) in [4.78, 5) is 0. The molecule has 1 aromatic carbocycles. The van der Waals surface area contributed by atoms with Crippen LogP contribution >= 0.6 is 11.6 Å². The molecule has 2 rings (SSSR count). The molecule has 0 saturated carbocycles. The van der Waals surface area contributed by atoms with Gasteiger partial charge in [0.2, 0.25) is 0 Å². The van der Waals surface area contributed by atoms with E-state index in [9.17, 15) is 0 Å². The molecule has 0 bridgehead atoms. The minimum atomic E-state index is 0.432. The Morgan fingerprint density at radius 1 is 1.41 bits per heavy atom. The molecule has 0 spiro atoms. The van der Waals surface area contributed by atoms with Gasteiger partial charge >= 0.3 is 0 Å². The molecule has 17 heavy (non-hydrogen) atoms. The normalized spacial score (nSPS) is 10.5. The largest absolute Gasteiger partial charge is 0.486 e. The first-order valence-electron chi connectivity index (χ1n) is 5.23. The predicted molar refractivity (Wildman–Crippen MR) is 68.1 cm³/mol. The Balaban J connectivity index is 2.10. The summed E-state index contributed by atoms with van der Waals surface area (Å²) >= 11 is 6.01. The summed E-state index contributed by atoms with van der Waals surface area (Å²) in [7, 11) is 1.89. The van der Waals surface area contributed by atoms with E-state index in [1.165, 1.54) is 0 Å². The number of nitrogens with zero attached hydrogens (tertiary/aromatic N) is 2. The highest BCUT2D eigenvalue weighted by Crippen LogP contribution is 2.27. The molecule has 4 nitrogen and oxygen atoms in total. The number of rotatable bonds is 3. The summed E-state index contributed by atoms with van der Waals surface area (Å²) in [5, 5.41) is 4.76. The third-order valence-corrected chi connectivity index (χ3v) is 2.73. The first-order chi connectivity index (χ1) is 8.06. The van der Waals surface area contributed by atoms with Crippen molar-refractivity contribution in [3.8, 4) is 5.75 Å². The number of halogens is 1. The van der Waals surface area contributed by atoms with Gasteiger partial charge in [0, 0.05) is 12.7 Å². The van der Waals surface area contributed by atoms with Gasteiger partial charge in [-0.05, 0) is 31.2 Å². The van der Waals surface area contributed by atoms with E-state index in [-0.39, 0.29) is 0 Å². The summed E-state index contributed by atoms with van der Waals surface area (Å²) < 4.78 is 7.42. The standard InChI is InChI=1S/C12H14ClN3O/c1-8-5-10(16(2)15-8)7-17-12-4-3-9(14)6-11(12)13/h3-6H,7,14H2,1-2H3. The van der Waals surface area contributed by atoms with Gasteiger partial charge in [0.25, 0.3) is 0 Å². The first kappa shape index (κ1) is 11.8. The van der Waals surface area contributed by atoms with Gasteiger partial charge in [-0.25, -0.2) is 0 Å². The highest BCUT2D eigenvalue weighted by Gasteiger charge is 2.05. The molecule has 0 radical (unpaired) electrons. The molecule has 2 aromatic rings. The van der Waals surface area contributed by atoms with Crippen LogP contribution in [-0.4, -0.2) is 9.78 Å². The molecule has 90 valence electrons. The lowest BCUT2D eigenvalue weighted by Crippen LogP contribution is -2.03. The van der Waals surface area contributed by atoms with E-state index in [2.05, 4.69) is 5.10 Å². The van der Waals surface area contributed by atoms with E-state index in [1.54, 1.807) is 22.9 Å². The highest BCUT2D eigenvalue weighted by molar-refractivity contribution is 6.32. The van der Waals surface area contributed by atoms with Crippen molar-refractivity contribution in [2.24, 2.45) is 7.05 Å². The molecule has 0 saturated heterocycles. The predicted octanol–water partition coefficient (Wildman–Crippen LogP) is 2.54. The second-order valence-electron chi connectivity index (χ2n) is 3.88. The maximum Gasteiger partial charge on any atom is 0.138 e. The van der Waals surface area contributed by atoms with Crippen LogP contribution in [0.4, 0.5) is 5.69 Å². The Bertz CT molecular complexity index is 537. The number of nitrogens with two attached hydrogens (primary N) is 1. The van der Waals surface area contributed by atoms with E-state index in [1.807, 2.05) is 20.0 Å². The summed E-state index contributed by atoms with van der Waals surface area (Å²) in [6.07, 6.45) is 0. The van der Waals surface area contributed by atoms with Crippen LogP contribution < -0.4 is 10.5 Å². The van der Waals surface area contributed by atoms with Crippen molar-refractivity contribution in [2.45, 2.75) is 13.5 Å². The van der Waals surface area contributed by atoms with Crippen molar-refractivity contribution in [1.29, 1.82) is 0 Å². The highest BCUT2D eigenvalue weighted by atomic mass is 35.5. The van der Waals surface area contributed by atoms with Gasteiger partial charge in [0.05, 0.1) is 16.4 Å². The molecule has 1 heterocycles. The number of benzene rings is 1. The van der Waals surface area contributed by atoms with Gasteiger partial charge in [-0.1, -0.05) is 11.6 Å². The maximum absolute atomic E-state index is 6.01. The molecule has 0 fully saturated rings. The Morgan fingerprint density at radius 2 is 2.18 bits per heavy atom. The molecule has 0 aliphatic carbocycles. The molecular formula is C12H14ClN3O. The fourth-order valence-electron chi connectivity index (χ4n) is 1.59. The fourth-order valence-corrected chi connectivity index (χ4v) is 1.83. The van der Waals surface area contributed by atoms with Crippen LogP contribution in [0, 0.1) is 6.92 Å². The SMILES string of the molecule is Cc1cc(COc2ccc(N)cc2Cl)n(C)n1. The van der Waals surface area contributed by atoms with E-state index in [0.717, 1.165) is 11.4 Å². The van der Waals surface area contributed by atoms with Crippen LogP contribution in [0.5, 0.6) is 5.75 Å². The minimum absolute atomic E-state index is 0.432. The average molecular weight is 252 g/mol. The zero-order valence-corrected chi connectivity index (χ0v) is 10.5. The monoisotopic (exact) mass is 251 g/mol. The Labute approximate surface area is 105 Å². The molecule has 1 aromatic heterocycles. The van der Waals surface area contributed by atoms with Crippen LogP contribution in [0.2, 0.25) is 5.02 Å². The second kappa shape index (κ2) is 4.67. The van der Waals surface area contributed by atoms with Crippen molar-refractivity contribution in [3.63, 3.8) is 0 Å². The van der Waals surface area contributed by atoms with Gasteiger partial charge in [-0.3, -0.25) is 4.68 Å². The van der Waals surface area contributed by atoms with Gasteiger partial charge in [-0.2, -0.15) is 5.10 Å². The lowest BCUT2D eigenvalue weighted by atomic mass is 10.3. The van der Waals surface area contributed by atoms with E-state index in [4.69, 9.17) is 22.1 Å². The summed E-state index contributed by atoms with van der Waals surface area (Å²) in [5.74, 6) is 0.625. The number of nitrogen functional groups attached to an aromatic ring is 1. The van der Waals surface area contributed by atoms with Gasteiger partial charge in [-0.15, -0.1) is 0 Å². The van der Waals surface area contributed by atoms with Crippen LogP contribution in [0.15, 0.2) is 24.3 Å². The van der Waals surface area contributed by atoms with E-state index < -0.39 is 0 Å². The van der Waals surface area contributed by atoms with Crippen molar-refractivity contribution in [1.82, 2.24) is 9.78 Å². The number of ether oxygens (including phenoxy) is 1. The third kappa shape index (κ3) is 2.71. The van der Waals surface area contributed by atoms with E-state index in [0.29, 0.717) is 23.1 Å². The topological polar surface area (TPSA) is 53.1 Å². The number of hydrogen-bond acceptors (Lipinski definition) is 3. The first-order valence-corrected chi connectivity index (χ1v) is 5.61. The molecule has 0 aliphatic rings. The summed E-state index contributed by atoms with van der Waals surface area (Å²) in [6.45, 7) is 2.38. The number of hydrogen-bond donors (Lipinski definition) is 1. The Hall–Kier alpha value is -1.68. The number of anilines is 1.